The maximum atomic E-state index is 3.64. The number of nitrogens with one attached hydrogen (secondary N) is 1. The van der Waals surface area contributed by atoms with Gasteiger partial charge in [0.1, 0.15) is 0 Å². The van der Waals surface area contributed by atoms with Gasteiger partial charge in [-0.25, -0.2) is 0 Å². The average molecular weight is 352 g/mol. The second-order valence-corrected chi connectivity index (χ2v) is 8.53. The van der Waals surface area contributed by atoms with Crippen molar-refractivity contribution >= 4 is 0 Å². The highest BCUT2D eigenvalue weighted by atomic mass is 14.8. The summed E-state index contributed by atoms with van der Waals surface area (Å²) < 4.78 is 0. The van der Waals surface area contributed by atoms with Gasteiger partial charge in [0.25, 0.3) is 0 Å². The van der Waals surface area contributed by atoms with E-state index >= 15 is 0 Å². The summed E-state index contributed by atoms with van der Waals surface area (Å²) in [6.07, 6.45) is 32.4. The minimum atomic E-state index is 1.25. The van der Waals surface area contributed by atoms with Crippen LogP contribution in [0.5, 0.6) is 0 Å². The standard InChI is InChI=1S/C24H49N/c1-2-4-6-8-10-12-14-16-18-20-22-24-25-23-21-19-17-15-13-11-9-7-5-3-1/h25H,1-24H2. The molecule has 150 valence electrons. The molecule has 0 amide bonds. The van der Waals surface area contributed by atoms with Crippen LogP contribution < -0.4 is 5.32 Å². The molecule has 1 aliphatic rings. The zero-order valence-electron chi connectivity index (χ0n) is 17.5. The highest BCUT2D eigenvalue weighted by molar-refractivity contribution is 4.54. The first kappa shape index (κ1) is 23.0. The number of hydrogen-bond acceptors (Lipinski definition) is 1. The molecule has 0 bridgehead atoms. The zero-order chi connectivity index (χ0) is 17.7. The molecule has 0 aliphatic carbocycles. The van der Waals surface area contributed by atoms with E-state index in [2.05, 4.69) is 5.32 Å². The van der Waals surface area contributed by atoms with E-state index in [1.165, 1.54) is 154 Å². The highest BCUT2D eigenvalue weighted by Crippen LogP contribution is 2.15. The molecule has 25 heavy (non-hydrogen) atoms. The summed E-state index contributed by atoms with van der Waals surface area (Å²) in [7, 11) is 0. The molecule has 0 spiro atoms. The fourth-order valence-electron chi connectivity index (χ4n) is 4.16. The molecule has 0 atom stereocenters. The molecule has 0 aromatic rings. The van der Waals surface area contributed by atoms with Gasteiger partial charge in [0, 0.05) is 0 Å². The Morgan fingerprint density at radius 2 is 0.360 bits per heavy atom. The predicted molar refractivity (Wildman–Crippen MR) is 114 cm³/mol. The first-order chi connectivity index (χ1) is 12.5. The van der Waals surface area contributed by atoms with E-state index in [1.54, 1.807) is 0 Å². The van der Waals surface area contributed by atoms with Crippen LogP contribution >= 0.6 is 0 Å². The lowest BCUT2D eigenvalue weighted by Crippen LogP contribution is -2.16. The molecular formula is C24H49N. The summed E-state index contributed by atoms with van der Waals surface area (Å²) in [4.78, 5) is 0. The molecule has 0 unspecified atom stereocenters. The third kappa shape index (κ3) is 18.5. The minimum absolute atomic E-state index is 1.25. The van der Waals surface area contributed by atoms with E-state index in [1.807, 2.05) is 0 Å². The third-order valence-corrected chi connectivity index (χ3v) is 5.96. The monoisotopic (exact) mass is 351 g/mol. The van der Waals surface area contributed by atoms with Crippen molar-refractivity contribution in [1.82, 2.24) is 5.32 Å². The normalized spacial score (nSPS) is 24.0. The van der Waals surface area contributed by atoms with Crippen molar-refractivity contribution in [3.63, 3.8) is 0 Å². The van der Waals surface area contributed by atoms with Crippen molar-refractivity contribution in [2.45, 2.75) is 141 Å². The van der Waals surface area contributed by atoms with Gasteiger partial charge in [-0.2, -0.15) is 0 Å². The Bertz CT molecular complexity index is 122. The summed E-state index contributed by atoms with van der Waals surface area (Å²) in [5.74, 6) is 0. The molecule has 1 rings (SSSR count). The van der Waals surface area contributed by atoms with Crippen LogP contribution in [0.15, 0.2) is 0 Å². The highest BCUT2D eigenvalue weighted by Gasteiger charge is 1.96. The molecule has 0 saturated carbocycles. The van der Waals surface area contributed by atoms with Crippen LogP contribution in [0.1, 0.15) is 141 Å². The van der Waals surface area contributed by atoms with Gasteiger partial charge in [-0.05, 0) is 25.9 Å². The molecule has 1 N–H and O–H groups in total. The summed E-state index contributed by atoms with van der Waals surface area (Å²) in [5.41, 5.74) is 0. The number of rotatable bonds is 0. The Labute approximate surface area is 160 Å². The Morgan fingerprint density at radius 1 is 0.200 bits per heavy atom. The van der Waals surface area contributed by atoms with E-state index < -0.39 is 0 Å². The maximum absolute atomic E-state index is 3.64. The van der Waals surface area contributed by atoms with Gasteiger partial charge in [-0.3, -0.25) is 0 Å². The molecule has 1 nitrogen and oxygen atoms in total. The molecule has 1 heteroatoms. The molecular weight excluding hydrogens is 302 g/mol. The second kappa shape index (κ2) is 20.3. The van der Waals surface area contributed by atoms with Gasteiger partial charge in [0.2, 0.25) is 0 Å². The van der Waals surface area contributed by atoms with Gasteiger partial charge in [-0.15, -0.1) is 0 Å². The Balaban J connectivity index is 2.00. The fourth-order valence-corrected chi connectivity index (χ4v) is 4.16. The van der Waals surface area contributed by atoms with Crippen molar-refractivity contribution in [3.8, 4) is 0 Å². The van der Waals surface area contributed by atoms with Crippen LogP contribution in [-0.2, 0) is 0 Å². The van der Waals surface area contributed by atoms with E-state index in [4.69, 9.17) is 0 Å². The topological polar surface area (TPSA) is 12.0 Å². The largest absolute Gasteiger partial charge is 0.317 e. The number of hydrogen-bond donors (Lipinski definition) is 1. The molecule has 0 radical (unpaired) electrons. The summed E-state index contributed by atoms with van der Waals surface area (Å²) >= 11 is 0. The predicted octanol–water partition coefficient (Wildman–Crippen LogP) is 8.17. The lowest BCUT2D eigenvalue weighted by molar-refractivity contribution is 0.520. The molecule has 1 aliphatic heterocycles. The SMILES string of the molecule is C1CCCCCCCCCCCCNCCCCCCCCCCC1. The van der Waals surface area contributed by atoms with Crippen LogP contribution in [0, 0.1) is 0 Å². The molecule has 0 aromatic heterocycles. The van der Waals surface area contributed by atoms with Gasteiger partial charge < -0.3 is 5.32 Å². The Hall–Kier alpha value is -0.0400. The minimum Gasteiger partial charge on any atom is -0.317 e. The first-order valence-corrected chi connectivity index (χ1v) is 12.2. The quantitative estimate of drug-likeness (QED) is 0.464. The van der Waals surface area contributed by atoms with Crippen LogP contribution in [0.25, 0.3) is 0 Å². The summed E-state index contributed by atoms with van der Waals surface area (Å²) in [6.45, 7) is 2.50. The molecule has 0 aromatic carbocycles. The Kier molecular flexibility index (Phi) is 18.7. The average Bonchev–Trinajstić information content (AvgIpc) is 2.62. The van der Waals surface area contributed by atoms with Crippen molar-refractivity contribution in [1.29, 1.82) is 0 Å². The van der Waals surface area contributed by atoms with E-state index in [-0.39, 0.29) is 0 Å². The molecule has 1 saturated heterocycles. The fraction of sp³-hybridized carbons (Fsp3) is 1.00. The van der Waals surface area contributed by atoms with Gasteiger partial charge in [0.05, 0.1) is 0 Å². The summed E-state index contributed by atoms with van der Waals surface area (Å²) in [6, 6.07) is 0. The van der Waals surface area contributed by atoms with Crippen LogP contribution in [0.2, 0.25) is 0 Å². The molecule has 1 fully saturated rings. The lowest BCUT2D eigenvalue weighted by Gasteiger charge is -2.05. The van der Waals surface area contributed by atoms with Gasteiger partial charge >= 0.3 is 0 Å². The smallest absolute Gasteiger partial charge is 0.00489 e. The third-order valence-electron chi connectivity index (χ3n) is 5.96. The van der Waals surface area contributed by atoms with Gasteiger partial charge in [-0.1, -0.05) is 128 Å². The Morgan fingerprint density at radius 3 is 0.560 bits per heavy atom. The van der Waals surface area contributed by atoms with Crippen LogP contribution in [0.4, 0.5) is 0 Å². The van der Waals surface area contributed by atoms with Crippen molar-refractivity contribution in [2.24, 2.45) is 0 Å². The first-order valence-electron chi connectivity index (χ1n) is 12.2. The van der Waals surface area contributed by atoms with E-state index in [0.717, 1.165) is 0 Å². The maximum Gasteiger partial charge on any atom is -0.00489 e. The zero-order valence-corrected chi connectivity index (χ0v) is 17.5. The van der Waals surface area contributed by atoms with Crippen molar-refractivity contribution in [2.75, 3.05) is 13.1 Å². The van der Waals surface area contributed by atoms with Gasteiger partial charge in [0.15, 0.2) is 0 Å². The van der Waals surface area contributed by atoms with Crippen molar-refractivity contribution in [3.05, 3.63) is 0 Å². The van der Waals surface area contributed by atoms with Crippen molar-refractivity contribution < 1.29 is 0 Å². The van der Waals surface area contributed by atoms with Crippen LogP contribution in [0.3, 0.4) is 0 Å². The summed E-state index contributed by atoms with van der Waals surface area (Å²) in [5, 5.41) is 3.64. The van der Waals surface area contributed by atoms with E-state index in [9.17, 15) is 0 Å². The van der Waals surface area contributed by atoms with E-state index in [0.29, 0.717) is 0 Å². The molecule has 1 heterocycles. The second-order valence-electron chi connectivity index (χ2n) is 8.53. The van der Waals surface area contributed by atoms with Crippen LogP contribution in [-0.4, -0.2) is 13.1 Å². The lowest BCUT2D eigenvalue weighted by atomic mass is 10.0.